The van der Waals surface area contributed by atoms with Crippen molar-refractivity contribution >= 4 is 5.96 Å². The molecule has 2 aliphatic rings. The summed E-state index contributed by atoms with van der Waals surface area (Å²) in [5.74, 6) is 0.667. The first kappa shape index (κ1) is 11.7. The summed E-state index contributed by atoms with van der Waals surface area (Å²) in [7, 11) is 0. The van der Waals surface area contributed by atoms with Crippen LogP contribution in [-0.2, 0) is 0 Å². The highest BCUT2D eigenvalue weighted by Crippen LogP contribution is 2.37. The molecule has 16 heavy (non-hydrogen) atoms. The monoisotopic (exact) mass is 223 g/mol. The molecule has 0 bridgehead atoms. The smallest absolute Gasteiger partial charge is 0.188 e. The van der Waals surface area contributed by atoms with E-state index >= 15 is 0 Å². The number of rotatable bonds is 3. The highest BCUT2D eigenvalue weighted by molar-refractivity contribution is 5.78. The Morgan fingerprint density at radius 1 is 1.25 bits per heavy atom. The van der Waals surface area contributed by atoms with E-state index in [0.717, 1.165) is 6.54 Å². The second-order valence-electron chi connectivity index (χ2n) is 5.84. The number of guanidine groups is 1. The number of aliphatic imine (C=N–C) groups is 1. The van der Waals surface area contributed by atoms with Crippen molar-refractivity contribution in [3.05, 3.63) is 0 Å². The summed E-state index contributed by atoms with van der Waals surface area (Å²) in [4.78, 5) is 4.52. The Labute approximate surface area is 98.9 Å². The number of nitrogens with one attached hydrogen (secondary N) is 1. The Morgan fingerprint density at radius 2 is 1.88 bits per heavy atom. The molecule has 0 atom stereocenters. The minimum Gasteiger partial charge on any atom is -0.370 e. The van der Waals surface area contributed by atoms with Gasteiger partial charge in [0.15, 0.2) is 5.96 Å². The largest absolute Gasteiger partial charge is 0.370 e. The molecular weight excluding hydrogens is 198 g/mol. The van der Waals surface area contributed by atoms with Gasteiger partial charge in [0.1, 0.15) is 0 Å². The molecule has 2 fully saturated rings. The molecule has 0 unspecified atom stereocenters. The summed E-state index contributed by atoms with van der Waals surface area (Å²) in [6.45, 7) is 3.24. The van der Waals surface area contributed by atoms with E-state index in [1.807, 2.05) is 0 Å². The van der Waals surface area contributed by atoms with Crippen molar-refractivity contribution in [1.29, 1.82) is 0 Å². The summed E-state index contributed by atoms with van der Waals surface area (Å²) in [6, 6.07) is 0.583. The van der Waals surface area contributed by atoms with Crippen molar-refractivity contribution in [2.45, 2.75) is 64.3 Å². The summed E-state index contributed by atoms with van der Waals surface area (Å²) in [6.07, 6.45) is 10.5. The fourth-order valence-electron chi connectivity index (χ4n) is 2.99. The molecule has 0 aromatic heterocycles. The van der Waals surface area contributed by atoms with Gasteiger partial charge < -0.3 is 11.1 Å². The molecule has 0 heterocycles. The van der Waals surface area contributed by atoms with Crippen LogP contribution in [0.1, 0.15) is 58.3 Å². The zero-order valence-electron chi connectivity index (χ0n) is 10.5. The molecule has 0 spiro atoms. The molecule has 92 valence electrons. The normalized spacial score (nSPS) is 26.2. The fourth-order valence-corrected chi connectivity index (χ4v) is 2.99. The lowest BCUT2D eigenvalue weighted by Gasteiger charge is -2.21. The first-order valence-electron chi connectivity index (χ1n) is 6.74. The zero-order chi connectivity index (χ0) is 11.4. The van der Waals surface area contributed by atoms with Crippen LogP contribution >= 0.6 is 0 Å². The minimum absolute atomic E-state index is 0.419. The molecule has 0 aromatic rings. The van der Waals surface area contributed by atoms with Gasteiger partial charge in [-0.3, -0.25) is 4.99 Å². The van der Waals surface area contributed by atoms with Gasteiger partial charge in [0.05, 0.1) is 0 Å². The average molecular weight is 223 g/mol. The molecule has 2 aliphatic carbocycles. The van der Waals surface area contributed by atoms with Gasteiger partial charge in [0.2, 0.25) is 0 Å². The number of hydrogen-bond acceptors (Lipinski definition) is 1. The van der Waals surface area contributed by atoms with E-state index in [-0.39, 0.29) is 0 Å². The van der Waals surface area contributed by atoms with E-state index in [2.05, 4.69) is 17.2 Å². The van der Waals surface area contributed by atoms with E-state index < -0.39 is 0 Å². The summed E-state index contributed by atoms with van der Waals surface area (Å²) < 4.78 is 0. The Balaban J connectivity index is 1.77. The molecule has 0 aliphatic heterocycles. The highest BCUT2D eigenvalue weighted by atomic mass is 15.1. The predicted molar refractivity (Wildman–Crippen MR) is 68.5 cm³/mol. The van der Waals surface area contributed by atoms with Gasteiger partial charge in [-0.1, -0.05) is 32.6 Å². The van der Waals surface area contributed by atoms with Gasteiger partial charge in [-0.15, -0.1) is 0 Å². The number of nitrogens with zero attached hydrogens (tertiary/aromatic N) is 1. The third-order valence-electron chi connectivity index (χ3n) is 4.15. The Morgan fingerprint density at radius 3 is 2.50 bits per heavy atom. The molecule has 3 nitrogen and oxygen atoms in total. The van der Waals surface area contributed by atoms with Crippen LogP contribution in [0.2, 0.25) is 0 Å². The number of nitrogens with two attached hydrogens (primary N) is 1. The maximum Gasteiger partial charge on any atom is 0.188 e. The van der Waals surface area contributed by atoms with Crippen LogP contribution in [0.4, 0.5) is 0 Å². The van der Waals surface area contributed by atoms with Gasteiger partial charge >= 0.3 is 0 Å². The van der Waals surface area contributed by atoms with Crippen molar-refractivity contribution in [3.8, 4) is 0 Å². The Kier molecular flexibility index (Phi) is 3.72. The zero-order valence-corrected chi connectivity index (χ0v) is 10.5. The van der Waals surface area contributed by atoms with Crippen LogP contribution in [0.15, 0.2) is 4.99 Å². The lowest BCUT2D eigenvalue weighted by atomic mass is 9.89. The maximum atomic E-state index is 5.93. The van der Waals surface area contributed by atoms with E-state index in [1.54, 1.807) is 0 Å². The molecule has 3 heteroatoms. The summed E-state index contributed by atoms with van der Waals surface area (Å²) in [5.41, 5.74) is 6.35. The van der Waals surface area contributed by atoms with E-state index in [9.17, 15) is 0 Å². The molecule has 0 aromatic carbocycles. The quantitative estimate of drug-likeness (QED) is 0.570. The van der Waals surface area contributed by atoms with Crippen molar-refractivity contribution in [3.63, 3.8) is 0 Å². The lowest BCUT2D eigenvalue weighted by Crippen LogP contribution is -2.39. The van der Waals surface area contributed by atoms with Crippen LogP contribution in [0, 0.1) is 5.41 Å². The molecule has 2 saturated carbocycles. The molecule has 2 rings (SSSR count). The van der Waals surface area contributed by atoms with Crippen molar-refractivity contribution in [2.75, 3.05) is 6.54 Å². The third-order valence-corrected chi connectivity index (χ3v) is 4.15. The first-order valence-corrected chi connectivity index (χ1v) is 6.74. The minimum atomic E-state index is 0.419. The van der Waals surface area contributed by atoms with Gasteiger partial charge in [-0.2, -0.15) is 0 Å². The predicted octanol–water partition coefficient (Wildman–Crippen LogP) is 2.41. The molecule has 0 radical (unpaired) electrons. The molecule has 3 N–H and O–H groups in total. The number of hydrogen-bond donors (Lipinski definition) is 2. The molecule has 0 saturated heterocycles. The second-order valence-corrected chi connectivity index (χ2v) is 5.84. The summed E-state index contributed by atoms with van der Waals surface area (Å²) in [5, 5.41) is 3.35. The summed E-state index contributed by atoms with van der Waals surface area (Å²) >= 11 is 0. The topological polar surface area (TPSA) is 50.4 Å². The highest BCUT2D eigenvalue weighted by Gasteiger charge is 2.28. The van der Waals surface area contributed by atoms with E-state index in [0.29, 0.717) is 17.4 Å². The van der Waals surface area contributed by atoms with Crippen molar-refractivity contribution in [1.82, 2.24) is 5.32 Å². The van der Waals surface area contributed by atoms with Gasteiger partial charge in [-0.25, -0.2) is 0 Å². The third kappa shape index (κ3) is 3.13. The standard InChI is InChI=1S/C13H25N3/c1-13(8-4-5-9-13)10-15-12(14)16-11-6-2-3-7-11/h11H,2-10H2,1H3,(H3,14,15,16). The second kappa shape index (κ2) is 5.07. The van der Waals surface area contributed by atoms with Crippen molar-refractivity contribution in [2.24, 2.45) is 16.1 Å². The maximum absolute atomic E-state index is 5.93. The van der Waals surface area contributed by atoms with Crippen LogP contribution in [0.25, 0.3) is 0 Å². The van der Waals surface area contributed by atoms with E-state index in [4.69, 9.17) is 5.73 Å². The molecule has 0 amide bonds. The average Bonchev–Trinajstić information content (AvgIpc) is 2.88. The Bertz CT molecular complexity index is 248. The van der Waals surface area contributed by atoms with Crippen molar-refractivity contribution < 1.29 is 0 Å². The molecular formula is C13H25N3. The first-order chi connectivity index (χ1) is 7.68. The van der Waals surface area contributed by atoms with Crippen LogP contribution in [-0.4, -0.2) is 18.5 Å². The van der Waals surface area contributed by atoms with Crippen LogP contribution in [0.3, 0.4) is 0 Å². The SMILES string of the molecule is CC1(CN=C(N)NC2CCCC2)CCCC1. The lowest BCUT2D eigenvalue weighted by molar-refractivity contribution is 0.350. The van der Waals surface area contributed by atoms with Crippen LogP contribution < -0.4 is 11.1 Å². The Hall–Kier alpha value is -0.730. The van der Waals surface area contributed by atoms with Gasteiger partial charge in [-0.05, 0) is 31.1 Å². The van der Waals surface area contributed by atoms with Gasteiger partial charge in [0.25, 0.3) is 0 Å². The fraction of sp³-hybridized carbons (Fsp3) is 0.923. The van der Waals surface area contributed by atoms with Crippen LogP contribution in [0.5, 0.6) is 0 Å². The van der Waals surface area contributed by atoms with Gasteiger partial charge in [0, 0.05) is 12.6 Å². The van der Waals surface area contributed by atoms with E-state index in [1.165, 1.54) is 51.4 Å².